The summed E-state index contributed by atoms with van der Waals surface area (Å²) in [6.07, 6.45) is 0. The van der Waals surface area contributed by atoms with E-state index in [1.165, 1.54) is 0 Å². The Labute approximate surface area is 140 Å². The highest BCUT2D eigenvalue weighted by Crippen LogP contribution is 2.34. The minimum Gasteiger partial charge on any atom is -0.486 e. The monoisotopic (exact) mass is 321 g/mol. The summed E-state index contributed by atoms with van der Waals surface area (Å²) in [5.74, 6) is 3.43. The van der Waals surface area contributed by atoms with E-state index in [2.05, 4.69) is 24.1 Å². The first-order valence-corrected chi connectivity index (χ1v) is 8.14. The molecule has 0 radical (unpaired) electrons. The summed E-state index contributed by atoms with van der Waals surface area (Å²) in [4.78, 5) is 9.36. The largest absolute Gasteiger partial charge is 0.486 e. The van der Waals surface area contributed by atoms with E-state index in [-0.39, 0.29) is 5.92 Å². The molecule has 1 N–H and O–H groups in total. The van der Waals surface area contributed by atoms with Gasteiger partial charge in [-0.1, -0.05) is 26.0 Å². The number of benzene rings is 2. The van der Waals surface area contributed by atoms with Gasteiger partial charge in [0, 0.05) is 23.1 Å². The summed E-state index contributed by atoms with van der Waals surface area (Å²) in [5, 5.41) is 4.40. The van der Waals surface area contributed by atoms with Crippen molar-refractivity contribution in [1.82, 2.24) is 9.97 Å². The van der Waals surface area contributed by atoms with E-state index >= 15 is 0 Å². The number of hydrogen-bond acceptors (Lipinski definition) is 5. The molecular formula is C19H19N3O2. The quantitative estimate of drug-likeness (QED) is 0.781. The third-order valence-corrected chi connectivity index (χ3v) is 3.94. The minimum absolute atomic E-state index is 0.260. The molecule has 1 aliphatic heterocycles. The number of para-hydroxylation sites is 1. The van der Waals surface area contributed by atoms with Gasteiger partial charge in [-0.25, -0.2) is 9.97 Å². The number of ether oxygens (including phenoxy) is 2. The highest BCUT2D eigenvalue weighted by molar-refractivity contribution is 5.90. The van der Waals surface area contributed by atoms with Crippen LogP contribution in [0.3, 0.4) is 0 Å². The first-order valence-electron chi connectivity index (χ1n) is 8.14. The maximum absolute atomic E-state index is 5.65. The summed E-state index contributed by atoms with van der Waals surface area (Å²) in [5.41, 5.74) is 1.86. The summed E-state index contributed by atoms with van der Waals surface area (Å²) in [6.45, 7) is 5.36. The standard InChI is InChI=1S/C19H19N3O2/c1-12(2)18-21-15-6-4-3-5-14(15)19(22-18)20-13-7-8-16-17(11-13)24-10-9-23-16/h3-8,11-12H,9-10H2,1-2H3,(H,20,21,22). The molecular weight excluding hydrogens is 302 g/mol. The van der Waals surface area contributed by atoms with Gasteiger partial charge in [0.15, 0.2) is 11.5 Å². The minimum atomic E-state index is 0.260. The summed E-state index contributed by atoms with van der Waals surface area (Å²) in [7, 11) is 0. The molecule has 5 nitrogen and oxygen atoms in total. The molecule has 0 spiro atoms. The Hall–Kier alpha value is -2.82. The number of rotatable bonds is 3. The van der Waals surface area contributed by atoms with Crippen LogP contribution in [0.25, 0.3) is 10.9 Å². The maximum atomic E-state index is 5.65. The van der Waals surface area contributed by atoms with Crippen molar-refractivity contribution < 1.29 is 9.47 Å². The average molecular weight is 321 g/mol. The van der Waals surface area contributed by atoms with Gasteiger partial charge in [0.05, 0.1) is 5.52 Å². The van der Waals surface area contributed by atoms with Gasteiger partial charge in [-0.15, -0.1) is 0 Å². The van der Waals surface area contributed by atoms with Crippen molar-refractivity contribution in [3.63, 3.8) is 0 Å². The smallest absolute Gasteiger partial charge is 0.163 e. The molecule has 1 aliphatic rings. The van der Waals surface area contributed by atoms with Crippen LogP contribution in [0.15, 0.2) is 42.5 Å². The molecule has 1 aromatic heterocycles. The Morgan fingerprint density at radius 2 is 1.75 bits per heavy atom. The van der Waals surface area contributed by atoms with Gasteiger partial charge >= 0.3 is 0 Å². The SMILES string of the molecule is CC(C)c1nc(Nc2ccc3c(c2)OCCO3)c2ccccc2n1. The van der Waals surface area contributed by atoms with Crippen LogP contribution in [0.4, 0.5) is 11.5 Å². The van der Waals surface area contributed by atoms with Crippen molar-refractivity contribution >= 4 is 22.4 Å². The molecule has 2 aromatic carbocycles. The molecule has 24 heavy (non-hydrogen) atoms. The lowest BCUT2D eigenvalue weighted by Crippen LogP contribution is -2.15. The molecule has 2 heterocycles. The van der Waals surface area contributed by atoms with Crippen LogP contribution in [0.1, 0.15) is 25.6 Å². The second-order valence-electron chi connectivity index (χ2n) is 6.09. The van der Waals surface area contributed by atoms with Gasteiger partial charge in [-0.05, 0) is 24.3 Å². The third-order valence-electron chi connectivity index (χ3n) is 3.94. The Kier molecular flexibility index (Phi) is 3.69. The number of fused-ring (bicyclic) bond motifs is 2. The van der Waals surface area contributed by atoms with Crippen LogP contribution in [0.2, 0.25) is 0 Å². The van der Waals surface area contributed by atoms with Crippen molar-refractivity contribution in [1.29, 1.82) is 0 Å². The molecule has 5 heteroatoms. The number of nitrogens with zero attached hydrogens (tertiary/aromatic N) is 2. The van der Waals surface area contributed by atoms with Crippen LogP contribution in [-0.4, -0.2) is 23.2 Å². The number of nitrogens with one attached hydrogen (secondary N) is 1. The molecule has 0 saturated heterocycles. The van der Waals surface area contributed by atoms with Crippen molar-refractivity contribution in [3.8, 4) is 11.5 Å². The lowest BCUT2D eigenvalue weighted by molar-refractivity contribution is 0.171. The van der Waals surface area contributed by atoms with Crippen LogP contribution < -0.4 is 14.8 Å². The fourth-order valence-electron chi connectivity index (χ4n) is 2.71. The van der Waals surface area contributed by atoms with E-state index in [9.17, 15) is 0 Å². The van der Waals surface area contributed by atoms with Crippen LogP contribution >= 0.6 is 0 Å². The predicted octanol–water partition coefficient (Wildman–Crippen LogP) is 4.27. The highest BCUT2D eigenvalue weighted by atomic mass is 16.6. The van der Waals surface area contributed by atoms with E-state index in [4.69, 9.17) is 14.5 Å². The third kappa shape index (κ3) is 2.73. The van der Waals surface area contributed by atoms with Crippen molar-refractivity contribution in [2.24, 2.45) is 0 Å². The van der Waals surface area contributed by atoms with E-state index in [1.54, 1.807) is 0 Å². The van der Waals surface area contributed by atoms with E-state index in [0.717, 1.165) is 39.7 Å². The van der Waals surface area contributed by atoms with Gasteiger partial charge < -0.3 is 14.8 Å². The molecule has 0 unspecified atom stereocenters. The Morgan fingerprint density at radius 3 is 2.58 bits per heavy atom. The Morgan fingerprint density at radius 1 is 0.958 bits per heavy atom. The van der Waals surface area contributed by atoms with Gasteiger partial charge in [0.25, 0.3) is 0 Å². The molecule has 0 fully saturated rings. The van der Waals surface area contributed by atoms with Crippen molar-refractivity contribution in [3.05, 3.63) is 48.3 Å². The lowest BCUT2D eigenvalue weighted by atomic mass is 10.1. The molecule has 0 bridgehead atoms. The summed E-state index contributed by atoms with van der Waals surface area (Å²) < 4.78 is 11.2. The van der Waals surface area contributed by atoms with E-state index < -0.39 is 0 Å². The van der Waals surface area contributed by atoms with Crippen molar-refractivity contribution in [2.75, 3.05) is 18.5 Å². The van der Waals surface area contributed by atoms with Gasteiger partial charge in [-0.3, -0.25) is 0 Å². The molecule has 3 aromatic rings. The lowest BCUT2D eigenvalue weighted by Gasteiger charge is -2.19. The molecule has 122 valence electrons. The highest BCUT2D eigenvalue weighted by Gasteiger charge is 2.14. The van der Waals surface area contributed by atoms with Crippen LogP contribution in [0.5, 0.6) is 11.5 Å². The number of hydrogen-bond donors (Lipinski definition) is 1. The second kappa shape index (κ2) is 6.00. The van der Waals surface area contributed by atoms with Gasteiger partial charge in [0.1, 0.15) is 24.9 Å². The summed E-state index contributed by atoms with van der Waals surface area (Å²) >= 11 is 0. The zero-order valence-corrected chi connectivity index (χ0v) is 13.7. The number of aromatic nitrogens is 2. The number of anilines is 2. The van der Waals surface area contributed by atoms with Crippen LogP contribution in [0, 0.1) is 0 Å². The normalized spacial score (nSPS) is 13.3. The zero-order chi connectivity index (χ0) is 16.5. The predicted molar refractivity (Wildman–Crippen MR) is 94.3 cm³/mol. The second-order valence-corrected chi connectivity index (χ2v) is 6.09. The maximum Gasteiger partial charge on any atom is 0.163 e. The zero-order valence-electron chi connectivity index (χ0n) is 13.7. The Balaban J connectivity index is 1.76. The first kappa shape index (κ1) is 14.8. The van der Waals surface area contributed by atoms with Crippen molar-refractivity contribution in [2.45, 2.75) is 19.8 Å². The van der Waals surface area contributed by atoms with E-state index in [0.29, 0.717) is 13.2 Å². The first-order chi connectivity index (χ1) is 11.7. The summed E-state index contributed by atoms with van der Waals surface area (Å²) in [6, 6.07) is 13.9. The van der Waals surface area contributed by atoms with E-state index in [1.807, 2.05) is 42.5 Å². The fraction of sp³-hybridized carbons (Fsp3) is 0.263. The molecule has 0 atom stereocenters. The fourth-order valence-corrected chi connectivity index (χ4v) is 2.71. The molecule has 0 amide bonds. The molecule has 4 rings (SSSR count). The topological polar surface area (TPSA) is 56.3 Å². The average Bonchev–Trinajstić information content (AvgIpc) is 2.61. The van der Waals surface area contributed by atoms with Crippen LogP contribution in [-0.2, 0) is 0 Å². The van der Waals surface area contributed by atoms with Gasteiger partial charge in [0.2, 0.25) is 0 Å². The Bertz CT molecular complexity index is 893. The molecule has 0 saturated carbocycles. The molecule has 0 aliphatic carbocycles. The van der Waals surface area contributed by atoms with Gasteiger partial charge in [-0.2, -0.15) is 0 Å².